The summed E-state index contributed by atoms with van der Waals surface area (Å²) >= 11 is 0. The largest absolute Gasteiger partial charge is 0.492 e. The van der Waals surface area contributed by atoms with Crippen LogP contribution in [0.4, 0.5) is 5.69 Å². The highest BCUT2D eigenvalue weighted by molar-refractivity contribution is 5.97. The number of ether oxygens (including phenoxy) is 1. The number of hydrogen-bond donors (Lipinski definition) is 2. The lowest BCUT2D eigenvalue weighted by atomic mass is 10.0. The number of anilines is 1. The summed E-state index contributed by atoms with van der Waals surface area (Å²) in [6, 6.07) is 16.2. The predicted octanol–water partition coefficient (Wildman–Crippen LogP) is 3.22. The second-order valence-electron chi connectivity index (χ2n) is 6.50. The zero-order chi connectivity index (χ0) is 20.4. The Bertz CT molecular complexity index is 765. The molecule has 0 unspecified atom stereocenters. The van der Waals surface area contributed by atoms with Gasteiger partial charge in [0.05, 0.1) is 18.8 Å². The van der Waals surface area contributed by atoms with Crippen LogP contribution in [0.3, 0.4) is 0 Å². The van der Waals surface area contributed by atoms with Gasteiger partial charge in [0.25, 0.3) is 0 Å². The molecule has 2 rings (SSSR count). The molecular weight excluding hydrogens is 354 g/mol. The molecule has 6 heteroatoms. The molecule has 0 aliphatic carbocycles. The maximum absolute atomic E-state index is 13.2. The van der Waals surface area contributed by atoms with Crippen LogP contribution in [-0.4, -0.2) is 43.5 Å². The van der Waals surface area contributed by atoms with Gasteiger partial charge in [-0.05, 0) is 38.1 Å². The van der Waals surface area contributed by atoms with Crippen LogP contribution in [0.1, 0.15) is 31.9 Å². The molecule has 2 amide bonds. The van der Waals surface area contributed by atoms with E-state index in [1.54, 1.807) is 18.0 Å². The zero-order valence-corrected chi connectivity index (χ0v) is 16.8. The van der Waals surface area contributed by atoms with Gasteiger partial charge in [-0.1, -0.05) is 49.4 Å². The standard InChI is InChI=1S/C22H29N3O3/c1-4-15-23-20(26)16-25(3)21(17-11-7-6-8-12-17)22(27)24-18-13-9-10-14-19(18)28-5-2/h6-14,21H,4-5,15-16H2,1-3H3,(H,23,26)(H,24,27)/t21-/m0/s1. The molecule has 0 radical (unpaired) electrons. The second-order valence-corrected chi connectivity index (χ2v) is 6.50. The molecule has 150 valence electrons. The van der Waals surface area contributed by atoms with E-state index in [1.165, 1.54) is 0 Å². The summed E-state index contributed by atoms with van der Waals surface area (Å²) in [5.74, 6) is 0.297. The van der Waals surface area contributed by atoms with Crippen LogP contribution < -0.4 is 15.4 Å². The molecule has 6 nitrogen and oxygen atoms in total. The minimum atomic E-state index is -0.608. The van der Waals surface area contributed by atoms with Gasteiger partial charge in [0.1, 0.15) is 11.8 Å². The summed E-state index contributed by atoms with van der Waals surface area (Å²) in [5.41, 5.74) is 1.43. The van der Waals surface area contributed by atoms with Crippen molar-refractivity contribution >= 4 is 17.5 Å². The molecule has 28 heavy (non-hydrogen) atoms. The first-order valence-electron chi connectivity index (χ1n) is 9.61. The molecular formula is C22H29N3O3. The molecule has 2 N–H and O–H groups in total. The van der Waals surface area contributed by atoms with Gasteiger partial charge >= 0.3 is 0 Å². The topological polar surface area (TPSA) is 70.7 Å². The summed E-state index contributed by atoms with van der Waals surface area (Å²) in [4.78, 5) is 27.1. The van der Waals surface area contributed by atoms with Crippen molar-refractivity contribution in [1.29, 1.82) is 0 Å². The van der Waals surface area contributed by atoms with Crippen LogP contribution in [-0.2, 0) is 9.59 Å². The predicted molar refractivity (Wildman–Crippen MR) is 111 cm³/mol. The van der Waals surface area contributed by atoms with E-state index in [1.807, 2.05) is 62.4 Å². The molecule has 0 heterocycles. The summed E-state index contributed by atoms with van der Waals surface area (Å²) in [7, 11) is 1.78. The Morgan fingerprint density at radius 3 is 2.39 bits per heavy atom. The number of carbonyl (C=O) groups is 2. The van der Waals surface area contributed by atoms with E-state index in [2.05, 4.69) is 10.6 Å². The maximum Gasteiger partial charge on any atom is 0.246 e. The Labute approximate surface area is 166 Å². The van der Waals surface area contributed by atoms with Gasteiger partial charge in [0.2, 0.25) is 11.8 Å². The third-order valence-electron chi connectivity index (χ3n) is 4.21. The van der Waals surface area contributed by atoms with Gasteiger partial charge in [0.15, 0.2) is 0 Å². The quantitative estimate of drug-likeness (QED) is 0.661. The van der Waals surface area contributed by atoms with Gasteiger partial charge < -0.3 is 15.4 Å². The molecule has 0 aliphatic rings. The minimum absolute atomic E-state index is 0.104. The molecule has 0 saturated heterocycles. The number of nitrogens with zero attached hydrogens (tertiary/aromatic N) is 1. The third-order valence-corrected chi connectivity index (χ3v) is 4.21. The fourth-order valence-electron chi connectivity index (χ4n) is 2.93. The highest BCUT2D eigenvalue weighted by atomic mass is 16.5. The van der Waals surface area contributed by atoms with Crippen LogP contribution in [0.5, 0.6) is 5.75 Å². The minimum Gasteiger partial charge on any atom is -0.492 e. The van der Waals surface area contributed by atoms with E-state index in [-0.39, 0.29) is 18.4 Å². The van der Waals surface area contributed by atoms with Gasteiger partial charge in [-0.2, -0.15) is 0 Å². The Balaban J connectivity index is 2.22. The van der Waals surface area contributed by atoms with E-state index in [4.69, 9.17) is 4.74 Å². The number of hydrogen-bond acceptors (Lipinski definition) is 4. The highest BCUT2D eigenvalue weighted by Gasteiger charge is 2.27. The normalized spacial score (nSPS) is 11.7. The summed E-state index contributed by atoms with van der Waals surface area (Å²) < 4.78 is 5.60. The zero-order valence-electron chi connectivity index (χ0n) is 16.8. The number of amides is 2. The summed E-state index contributed by atoms with van der Waals surface area (Å²) in [5, 5.41) is 5.81. The van der Waals surface area contributed by atoms with Gasteiger partial charge in [-0.3, -0.25) is 14.5 Å². The summed E-state index contributed by atoms with van der Waals surface area (Å²) in [6.45, 7) is 5.15. The van der Waals surface area contributed by atoms with Gasteiger partial charge in [-0.15, -0.1) is 0 Å². The number of carbonyl (C=O) groups excluding carboxylic acids is 2. The van der Waals surface area contributed by atoms with E-state index >= 15 is 0 Å². The lowest BCUT2D eigenvalue weighted by Gasteiger charge is -2.27. The molecule has 1 atom stereocenters. The third kappa shape index (κ3) is 6.09. The average molecular weight is 383 g/mol. The average Bonchev–Trinajstić information content (AvgIpc) is 2.69. The van der Waals surface area contributed by atoms with Gasteiger partial charge in [0, 0.05) is 6.54 Å². The molecule has 2 aromatic carbocycles. The number of benzene rings is 2. The first-order chi connectivity index (χ1) is 13.6. The van der Waals surface area contributed by atoms with Crippen molar-refractivity contribution in [3.8, 4) is 5.75 Å². The maximum atomic E-state index is 13.2. The molecule has 0 fully saturated rings. The van der Waals surface area contributed by atoms with E-state index in [9.17, 15) is 9.59 Å². The van der Waals surface area contributed by atoms with E-state index in [0.717, 1.165) is 12.0 Å². The van der Waals surface area contributed by atoms with Crippen molar-refractivity contribution in [2.45, 2.75) is 26.3 Å². The number of nitrogens with one attached hydrogen (secondary N) is 2. The number of rotatable bonds is 10. The van der Waals surface area contributed by atoms with Crippen LogP contribution in [0.2, 0.25) is 0 Å². The highest BCUT2D eigenvalue weighted by Crippen LogP contribution is 2.27. The Hall–Kier alpha value is -2.86. The van der Waals surface area contributed by atoms with Crippen molar-refractivity contribution in [2.24, 2.45) is 0 Å². The fourth-order valence-corrected chi connectivity index (χ4v) is 2.93. The van der Waals surface area contributed by atoms with Crippen molar-refractivity contribution in [3.63, 3.8) is 0 Å². The van der Waals surface area contributed by atoms with Crippen molar-refractivity contribution in [2.75, 3.05) is 32.1 Å². The first-order valence-corrected chi connectivity index (χ1v) is 9.61. The molecule has 2 aromatic rings. The Kier molecular flexibility index (Phi) is 8.49. The smallest absolute Gasteiger partial charge is 0.246 e. The van der Waals surface area contributed by atoms with E-state index < -0.39 is 6.04 Å². The van der Waals surface area contributed by atoms with Crippen molar-refractivity contribution < 1.29 is 14.3 Å². The molecule has 0 aromatic heterocycles. The van der Waals surface area contributed by atoms with Crippen LogP contribution >= 0.6 is 0 Å². The molecule has 0 bridgehead atoms. The fraction of sp³-hybridized carbons (Fsp3) is 0.364. The van der Waals surface area contributed by atoms with Gasteiger partial charge in [-0.25, -0.2) is 0 Å². The molecule has 0 aliphatic heterocycles. The number of para-hydroxylation sites is 2. The van der Waals surface area contributed by atoms with E-state index in [0.29, 0.717) is 24.6 Å². The SMILES string of the molecule is CCCNC(=O)CN(C)[C@H](C(=O)Nc1ccccc1OCC)c1ccccc1. The number of likely N-dealkylation sites (N-methyl/N-ethyl adjacent to an activating group) is 1. The van der Waals surface area contributed by atoms with Crippen LogP contribution in [0.25, 0.3) is 0 Å². The first kappa shape index (κ1) is 21.4. The molecule has 0 saturated carbocycles. The van der Waals surface area contributed by atoms with Crippen LogP contribution in [0, 0.1) is 0 Å². The summed E-state index contributed by atoms with van der Waals surface area (Å²) in [6.07, 6.45) is 0.867. The Morgan fingerprint density at radius 2 is 1.71 bits per heavy atom. The van der Waals surface area contributed by atoms with Crippen molar-refractivity contribution in [1.82, 2.24) is 10.2 Å². The Morgan fingerprint density at radius 1 is 1.04 bits per heavy atom. The molecule has 0 spiro atoms. The van der Waals surface area contributed by atoms with Crippen LogP contribution in [0.15, 0.2) is 54.6 Å². The lowest BCUT2D eigenvalue weighted by molar-refractivity contribution is -0.125. The second kappa shape index (κ2) is 11.1. The monoisotopic (exact) mass is 383 g/mol. The lowest BCUT2D eigenvalue weighted by Crippen LogP contribution is -2.41. The van der Waals surface area contributed by atoms with Crippen molar-refractivity contribution in [3.05, 3.63) is 60.2 Å².